The maximum absolute atomic E-state index is 12.4. The van der Waals surface area contributed by atoms with Crippen molar-refractivity contribution in [3.8, 4) is 0 Å². The van der Waals surface area contributed by atoms with E-state index in [2.05, 4.69) is 10.6 Å². The van der Waals surface area contributed by atoms with Gasteiger partial charge in [-0.15, -0.1) is 11.3 Å². The first-order valence-corrected chi connectivity index (χ1v) is 9.00. The van der Waals surface area contributed by atoms with Crippen LogP contribution in [0.5, 0.6) is 0 Å². The molecule has 1 atom stereocenters. The van der Waals surface area contributed by atoms with E-state index < -0.39 is 0 Å². The molecule has 1 aliphatic heterocycles. The highest BCUT2D eigenvalue weighted by atomic mass is 32.1. The lowest BCUT2D eigenvalue weighted by atomic mass is 10.1. The van der Waals surface area contributed by atoms with Crippen molar-refractivity contribution in [2.75, 3.05) is 23.3 Å². The standard InChI is InChI=1S/C18H21N3O2S/c1-3-19-18(23)21-9-8-13-6-7-14(11-15(13)21)20-17(22)12(2)16-5-4-10-24-16/h4-7,10-12H,3,8-9H2,1-2H3,(H,19,23)(H,20,22)/t12-/m0/s1. The van der Waals surface area contributed by atoms with Gasteiger partial charge in [-0.2, -0.15) is 0 Å². The van der Waals surface area contributed by atoms with E-state index in [1.807, 2.05) is 49.6 Å². The van der Waals surface area contributed by atoms with E-state index in [1.165, 1.54) is 0 Å². The van der Waals surface area contributed by atoms with Crippen molar-refractivity contribution < 1.29 is 9.59 Å². The maximum atomic E-state index is 12.4. The molecule has 0 fully saturated rings. The summed E-state index contributed by atoms with van der Waals surface area (Å²) in [6, 6.07) is 9.60. The number of nitrogens with one attached hydrogen (secondary N) is 2. The van der Waals surface area contributed by atoms with Gasteiger partial charge in [0.2, 0.25) is 5.91 Å². The molecule has 2 heterocycles. The summed E-state index contributed by atoms with van der Waals surface area (Å²) in [6.07, 6.45) is 0.840. The smallest absolute Gasteiger partial charge is 0.321 e. The number of rotatable bonds is 4. The molecule has 0 saturated carbocycles. The quantitative estimate of drug-likeness (QED) is 0.891. The third kappa shape index (κ3) is 3.28. The summed E-state index contributed by atoms with van der Waals surface area (Å²) < 4.78 is 0. The maximum Gasteiger partial charge on any atom is 0.321 e. The third-order valence-corrected chi connectivity index (χ3v) is 5.24. The third-order valence-electron chi connectivity index (χ3n) is 4.18. The van der Waals surface area contributed by atoms with E-state index in [-0.39, 0.29) is 17.9 Å². The Morgan fingerprint density at radius 3 is 2.88 bits per heavy atom. The number of carbonyl (C=O) groups is 2. The molecule has 0 unspecified atom stereocenters. The highest BCUT2D eigenvalue weighted by molar-refractivity contribution is 7.10. The molecule has 1 aromatic carbocycles. The molecule has 24 heavy (non-hydrogen) atoms. The van der Waals surface area contributed by atoms with Gasteiger partial charge >= 0.3 is 6.03 Å². The van der Waals surface area contributed by atoms with Crippen LogP contribution in [0.1, 0.15) is 30.2 Å². The van der Waals surface area contributed by atoms with Crippen molar-refractivity contribution >= 4 is 34.6 Å². The summed E-state index contributed by atoms with van der Waals surface area (Å²) in [5.74, 6) is -0.238. The average molecular weight is 343 g/mol. The molecule has 1 aromatic heterocycles. The largest absolute Gasteiger partial charge is 0.338 e. The van der Waals surface area contributed by atoms with Crippen LogP contribution in [-0.2, 0) is 11.2 Å². The summed E-state index contributed by atoms with van der Waals surface area (Å²) in [7, 11) is 0. The molecule has 126 valence electrons. The molecule has 2 N–H and O–H groups in total. The number of benzene rings is 1. The molecule has 0 spiro atoms. The van der Waals surface area contributed by atoms with E-state index in [0.717, 1.165) is 28.2 Å². The molecule has 1 aliphatic rings. The second-order valence-electron chi connectivity index (χ2n) is 5.81. The van der Waals surface area contributed by atoms with Crippen LogP contribution in [0.4, 0.5) is 16.2 Å². The molecular weight excluding hydrogens is 322 g/mol. The predicted octanol–water partition coefficient (Wildman–Crippen LogP) is 3.58. The second kappa shape index (κ2) is 7.05. The van der Waals surface area contributed by atoms with Crippen molar-refractivity contribution in [2.45, 2.75) is 26.2 Å². The lowest BCUT2D eigenvalue weighted by Crippen LogP contribution is -2.38. The summed E-state index contributed by atoms with van der Waals surface area (Å²) in [6.45, 7) is 5.07. The number of hydrogen-bond donors (Lipinski definition) is 2. The molecule has 5 nitrogen and oxygen atoms in total. The number of thiophene rings is 1. The fourth-order valence-corrected chi connectivity index (χ4v) is 3.61. The number of carbonyl (C=O) groups excluding carboxylic acids is 2. The number of urea groups is 1. The Morgan fingerprint density at radius 2 is 2.17 bits per heavy atom. The van der Waals surface area contributed by atoms with Crippen molar-refractivity contribution in [1.29, 1.82) is 0 Å². The monoisotopic (exact) mass is 343 g/mol. The topological polar surface area (TPSA) is 61.4 Å². The summed E-state index contributed by atoms with van der Waals surface area (Å²) >= 11 is 1.58. The normalized spacial score (nSPS) is 14.2. The molecule has 3 amide bonds. The first kappa shape index (κ1) is 16.5. The van der Waals surface area contributed by atoms with Gasteiger partial charge in [0.25, 0.3) is 0 Å². The fraction of sp³-hybridized carbons (Fsp3) is 0.333. The lowest BCUT2D eigenvalue weighted by Gasteiger charge is -2.18. The van der Waals surface area contributed by atoms with Gasteiger partial charge in [-0.25, -0.2) is 4.79 Å². The SMILES string of the molecule is CCNC(=O)N1CCc2ccc(NC(=O)[C@@H](C)c3cccs3)cc21. The van der Waals surface area contributed by atoms with Crippen LogP contribution in [0.2, 0.25) is 0 Å². The van der Waals surface area contributed by atoms with Crippen molar-refractivity contribution in [3.05, 3.63) is 46.2 Å². The van der Waals surface area contributed by atoms with E-state index in [4.69, 9.17) is 0 Å². The van der Waals surface area contributed by atoms with Crippen LogP contribution < -0.4 is 15.5 Å². The molecule has 6 heteroatoms. The Hall–Kier alpha value is -2.34. The van der Waals surface area contributed by atoms with Gasteiger partial charge in [-0.1, -0.05) is 12.1 Å². The summed E-state index contributed by atoms with van der Waals surface area (Å²) in [4.78, 5) is 27.3. The van der Waals surface area contributed by atoms with Crippen LogP contribution >= 0.6 is 11.3 Å². The van der Waals surface area contributed by atoms with Gasteiger partial charge in [0, 0.05) is 23.7 Å². The molecule has 3 rings (SSSR count). The van der Waals surface area contributed by atoms with E-state index in [0.29, 0.717) is 13.1 Å². The lowest BCUT2D eigenvalue weighted by molar-refractivity contribution is -0.117. The Morgan fingerprint density at radius 1 is 1.33 bits per heavy atom. The molecule has 0 saturated heterocycles. The summed E-state index contributed by atoms with van der Waals surface area (Å²) in [5, 5.41) is 7.76. The zero-order valence-electron chi connectivity index (χ0n) is 13.8. The Labute approximate surface area is 145 Å². The minimum Gasteiger partial charge on any atom is -0.338 e. The first-order chi connectivity index (χ1) is 11.6. The van der Waals surface area contributed by atoms with Crippen molar-refractivity contribution in [3.63, 3.8) is 0 Å². The minimum absolute atomic E-state index is 0.0417. The van der Waals surface area contributed by atoms with Gasteiger partial charge < -0.3 is 10.6 Å². The van der Waals surface area contributed by atoms with Gasteiger partial charge in [0.1, 0.15) is 0 Å². The van der Waals surface area contributed by atoms with Crippen LogP contribution in [0.15, 0.2) is 35.7 Å². The highest BCUT2D eigenvalue weighted by Crippen LogP contribution is 2.31. The van der Waals surface area contributed by atoms with Crippen LogP contribution in [0.3, 0.4) is 0 Å². The van der Waals surface area contributed by atoms with E-state index in [1.54, 1.807) is 16.2 Å². The number of amides is 3. The zero-order valence-corrected chi connectivity index (χ0v) is 14.7. The number of anilines is 2. The number of hydrogen-bond acceptors (Lipinski definition) is 3. The number of nitrogens with zero attached hydrogens (tertiary/aromatic N) is 1. The predicted molar refractivity (Wildman–Crippen MR) is 97.9 cm³/mol. The van der Waals surface area contributed by atoms with Crippen molar-refractivity contribution in [1.82, 2.24) is 5.32 Å². The molecule has 0 bridgehead atoms. The van der Waals surface area contributed by atoms with Crippen molar-refractivity contribution in [2.24, 2.45) is 0 Å². The second-order valence-corrected chi connectivity index (χ2v) is 6.79. The molecule has 2 aromatic rings. The van der Waals surface area contributed by atoms with E-state index >= 15 is 0 Å². The first-order valence-electron chi connectivity index (χ1n) is 8.12. The molecule has 0 radical (unpaired) electrons. The number of fused-ring (bicyclic) bond motifs is 1. The molecular formula is C18H21N3O2S. The average Bonchev–Trinajstić information content (AvgIpc) is 3.23. The minimum atomic E-state index is -0.197. The Balaban J connectivity index is 1.75. The highest BCUT2D eigenvalue weighted by Gasteiger charge is 2.25. The van der Waals surface area contributed by atoms with Gasteiger partial charge in [-0.05, 0) is 49.4 Å². The van der Waals surface area contributed by atoms with Crippen LogP contribution in [0, 0.1) is 0 Å². The van der Waals surface area contributed by atoms with E-state index in [9.17, 15) is 9.59 Å². The zero-order chi connectivity index (χ0) is 17.1. The Kier molecular flexibility index (Phi) is 4.85. The van der Waals surface area contributed by atoms with Gasteiger partial charge in [-0.3, -0.25) is 9.69 Å². The summed E-state index contributed by atoms with van der Waals surface area (Å²) in [5.41, 5.74) is 2.73. The fourth-order valence-electron chi connectivity index (χ4n) is 2.83. The molecule has 0 aliphatic carbocycles. The van der Waals surface area contributed by atoms with Gasteiger partial charge in [0.05, 0.1) is 11.6 Å². The van der Waals surface area contributed by atoms with Crippen LogP contribution in [-0.4, -0.2) is 25.0 Å². The van der Waals surface area contributed by atoms with Gasteiger partial charge in [0.15, 0.2) is 0 Å². The Bertz CT molecular complexity index is 743. The van der Waals surface area contributed by atoms with Crippen LogP contribution in [0.25, 0.3) is 0 Å².